The molecule has 0 aromatic carbocycles. The molecule has 2 aliphatic heterocycles. The predicted molar refractivity (Wildman–Crippen MR) is 87.6 cm³/mol. The first-order valence-corrected chi connectivity index (χ1v) is 8.42. The maximum atomic E-state index is 12.5. The van der Waals surface area contributed by atoms with Gasteiger partial charge in [-0.3, -0.25) is 14.4 Å². The van der Waals surface area contributed by atoms with Gasteiger partial charge in [-0.15, -0.1) is 0 Å². The molecule has 144 valence electrons. The number of alkyl halides is 3. The number of anilines is 1. The molecular formula is C16H22F3N5O2. The van der Waals surface area contributed by atoms with Gasteiger partial charge in [0.2, 0.25) is 0 Å². The minimum atomic E-state index is -4.25. The van der Waals surface area contributed by atoms with Gasteiger partial charge in [0.25, 0.3) is 5.91 Å². The molecule has 2 fully saturated rings. The van der Waals surface area contributed by atoms with Gasteiger partial charge in [0.1, 0.15) is 11.9 Å². The van der Waals surface area contributed by atoms with Crippen LogP contribution in [0.5, 0.6) is 0 Å². The Morgan fingerprint density at radius 3 is 2.62 bits per heavy atom. The largest absolute Gasteiger partial charge is 0.389 e. The van der Waals surface area contributed by atoms with E-state index >= 15 is 0 Å². The standard InChI is InChI=1S/C16H22F3N5O2/c1-10-6-12(22(3)21-10)24-5-4-11(13(24)25)20-14(26)23-8-15(2,9-23)7-16(17,18)19/h6,11H,4-5,7-9H2,1-3H3,(H,20,26). The van der Waals surface area contributed by atoms with Crippen molar-refractivity contribution in [3.05, 3.63) is 11.8 Å². The van der Waals surface area contributed by atoms with Crippen molar-refractivity contribution in [2.24, 2.45) is 12.5 Å². The molecule has 0 bridgehead atoms. The quantitative estimate of drug-likeness (QED) is 0.879. The summed E-state index contributed by atoms with van der Waals surface area (Å²) in [5.41, 5.74) is -0.166. The Bertz CT molecular complexity index is 724. The third-order valence-corrected chi connectivity index (χ3v) is 4.82. The molecule has 0 spiro atoms. The van der Waals surface area contributed by atoms with E-state index in [1.807, 2.05) is 6.92 Å². The molecule has 1 aromatic rings. The van der Waals surface area contributed by atoms with Gasteiger partial charge >= 0.3 is 12.2 Å². The molecule has 0 saturated carbocycles. The fourth-order valence-electron chi connectivity index (χ4n) is 3.75. The molecule has 0 aliphatic carbocycles. The van der Waals surface area contributed by atoms with E-state index in [1.165, 1.54) is 11.8 Å². The van der Waals surface area contributed by atoms with Gasteiger partial charge in [0.05, 0.1) is 12.1 Å². The summed E-state index contributed by atoms with van der Waals surface area (Å²) in [5, 5.41) is 6.85. The molecule has 1 unspecified atom stereocenters. The zero-order chi connectivity index (χ0) is 19.3. The Balaban J connectivity index is 1.55. The van der Waals surface area contributed by atoms with Crippen LogP contribution in [-0.4, -0.2) is 58.5 Å². The van der Waals surface area contributed by atoms with E-state index in [2.05, 4.69) is 10.4 Å². The number of carbonyl (C=O) groups excluding carboxylic acids is 2. The SMILES string of the molecule is Cc1cc(N2CCC(NC(=O)N3CC(C)(CC(F)(F)F)C3)C2=O)n(C)n1. The molecule has 0 radical (unpaired) electrons. The van der Waals surface area contributed by atoms with Crippen molar-refractivity contribution in [3.63, 3.8) is 0 Å². The monoisotopic (exact) mass is 373 g/mol. The first-order chi connectivity index (χ1) is 12.0. The summed E-state index contributed by atoms with van der Waals surface area (Å²) < 4.78 is 39.2. The van der Waals surface area contributed by atoms with Crippen LogP contribution in [-0.2, 0) is 11.8 Å². The lowest BCUT2D eigenvalue weighted by molar-refractivity contribution is -0.172. The number of rotatable bonds is 3. The van der Waals surface area contributed by atoms with E-state index in [9.17, 15) is 22.8 Å². The van der Waals surface area contributed by atoms with E-state index in [1.54, 1.807) is 22.7 Å². The number of halogens is 3. The van der Waals surface area contributed by atoms with Crippen LogP contribution in [0.4, 0.5) is 23.8 Å². The first-order valence-electron chi connectivity index (χ1n) is 8.42. The molecular weight excluding hydrogens is 351 g/mol. The average molecular weight is 373 g/mol. The number of aromatic nitrogens is 2. The number of urea groups is 1. The van der Waals surface area contributed by atoms with Gasteiger partial charge in [-0.25, -0.2) is 4.79 Å². The van der Waals surface area contributed by atoms with E-state index in [4.69, 9.17) is 0 Å². The van der Waals surface area contributed by atoms with Gasteiger partial charge in [-0.05, 0) is 13.3 Å². The lowest BCUT2D eigenvalue weighted by Crippen LogP contribution is -2.62. The van der Waals surface area contributed by atoms with Gasteiger partial charge in [0.15, 0.2) is 0 Å². The lowest BCUT2D eigenvalue weighted by atomic mass is 9.79. The Morgan fingerprint density at radius 2 is 2.08 bits per heavy atom. The Kier molecular flexibility index (Phi) is 4.40. The van der Waals surface area contributed by atoms with Crippen molar-refractivity contribution in [2.75, 3.05) is 24.5 Å². The Labute approximate surface area is 149 Å². The van der Waals surface area contributed by atoms with Crippen molar-refractivity contribution in [1.82, 2.24) is 20.0 Å². The summed E-state index contributed by atoms with van der Waals surface area (Å²) in [6, 6.07) is 0.623. The lowest BCUT2D eigenvalue weighted by Gasteiger charge is -2.48. The molecule has 10 heteroatoms. The summed E-state index contributed by atoms with van der Waals surface area (Å²) in [5.74, 6) is 0.422. The van der Waals surface area contributed by atoms with E-state index in [0.29, 0.717) is 18.8 Å². The number of nitrogens with one attached hydrogen (secondary N) is 1. The smallest absolute Gasteiger partial charge is 0.326 e. The molecule has 2 aliphatic rings. The van der Waals surface area contributed by atoms with Crippen LogP contribution >= 0.6 is 0 Å². The molecule has 2 saturated heterocycles. The maximum absolute atomic E-state index is 12.5. The van der Waals surface area contributed by atoms with E-state index in [0.717, 1.165) is 5.69 Å². The number of carbonyl (C=O) groups is 2. The second-order valence-electron chi connectivity index (χ2n) is 7.51. The number of nitrogens with zero attached hydrogens (tertiary/aromatic N) is 4. The van der Waals surface area contributed by atoms with Crippen LogP contribution in [0.1, 0.15) is 25.5 Å². The van der Waals surface area contributed by atoms with Crippen LogP contribution < -0.4 is 10.2 Å². The number of hydrogen-bond donors (Lipinski definition) is 1. The second-order valence-corrected chi connectivity index (χ2v) is 7.51. The number of amides is 3. The number of aryl methyl sites for hydroxylation is 2. The number of likely N-dealkylation sites (tertiary alicyclic amines) is 1. The molecule has 3 amide bonds. The minimum Gasteiger partial charge on any atom is -0.326 e. The van der Waals surface area contributed by atoms with Crippen LogP contribution in [0, 0.1) is 12.3 Å². The van der Waals surface area contributed by atoms with Crippen LogP contribution in [0.25, 0.3) is 0 Å². The topological polar surface area (TPSA) is 70.5 Å². The summed E-state index contributed by atoms with van der Waals surface area (Å²) in [6.07, 6.45) is -4.72. The van der Waals surface area contributed by atoms with Crippen molar-refractivity contribution in [3.8, 4) is 0 Å². The highest BCUT2D eigenvalue weighted by Gasteiger charge is 2.49. The van der Waals surface area contributed by atoms with Gasteiger partial charge in [-0.1, -0.05) is 6.92 Å². The number of hydrogen-bond acceptors (Lipinski definition) is 3. The molecule has 1 aromatic heterocycles. The summed E-state index contributed by atoms with van der Waals surface area (Å²) >= 11 is 0. The fourth-order valence-corrected chi connectivity index (χ4v) is 3.75. The third kappa shape index (κ3) is 3.63. The van der Waals surface area contributed by atoms with Gasteiger partial charge < -0.3 is 10.2 Å². The molecule has 3 heterocycles. The van der Waals surface area contributed by atoms with Crippen LogP contribution in [0.15, 0.2) is 6.07 Å². The average Bonchev–Trinajstić information content (AvgIpc) is 2.97. The van der Waals surface area contributed by atoms with Crippen molar-refractivity contribution in [2.45, 2.75) is 38.9 Å². The highest BCUT2D eigenvalue weighted by molar-refractivity contribution is 6.00. The van der Waals surface area contributed by atoms with Gasteiger partial charge in [0, 0.05) is 38.2 Å². The highest BCUT2D eigenvalue weighted by atomic mass is 19.4. The fraction of sp³-hybridized carbons (Fsp3) is 0.688. The molecule has 3 rings (SSSR count). The molecule has 7 nitrogen and oxygen atoms in total. The second kappa shape index (κ2) is 6.17. The van der Waals surface area contributed by atoms with E-state index < -0.39 is 30.1 Å². The Hall–Kier alpha value is -2.26. The first kappa shape index (κ1) is 18.5. The molecule has 1 atom stereocenters. The van der Waals surface area contributed by atoms with Crippen LogP contribution in [0.2, 0.25) is 0 Å². The minimum absolute atomic E-state index is 0.0316. The van der Waals surface area contributed by atoms with Crippen molar-refractivity contribution < 1.29 is 22.8 Å². The zero-order valence-electron chi connectivity index (χ0n) is 14.9. The van der Waals surface area contributed by atoms with Crippen molar-refractivity contribution in [1.29, 1.82) is 0 Å². The van der Waals surface area contributed by atoms with Gasteiger partial charge in [-0.2, -0.15) is 18.3 Å². The summed E-state index contributed by atoms with van der Waals surface area (Å²) in [6.45, 7) is 3.85. The normalized spacial score (nSPS) is 22.5. The maximum Gasteiger partial charge on any atom is 0.389 e. The van der Waals surface area contributed by atoms with E-state index in [-0.39, 0.29) is 19.0 Å². The summed E-state index contributed by atoms with van der Waals surface area (Å²) in [7, 11) is 1.74. The van der Waals surface area contributed by atoms with Crippen LogP contribution in [0.3, 0.4) is 0 Å². The third-order valence-electron chi connectivity index (χ3n) is 4.82. The van der Waals surface area contributed by atoms with Crippen molar-refractivity contribution >= 4 is 17.8 Å². The molecule has 26 heavy (non-hydrogen) atoms. The highest BCUT2D eigenvalue weighted by Crippen LogP contribution is 2.40. The Morgan fingerprint density at radius 1 is 1.42 bits per heavy atom. The zero-order valence-corrected chi connectivity index (χ0v) is 14.9. The summed E-state index contributed by atoms with van der Waals surface area (Å²) in [4.78, 5) is 27.7. The molecule has 1 N–H and O–H groups in total. The predicted octanol–water partition coefficient (Wildman–Crippen LogP) is 1.82.